The van der Waals surface area contributed by atoms with Gasteiger partial charge in [-0.25, -0.2) is 8.42 Å². The van der Waals surface area contributed by atoms with Gasteiger partial charge in [0.05, 0.1) is 18.0 Å². The molecular weight excluding hydrogens is 372 g/mol. The molecule has 0 bridgehead atoms. The fourth-order valence-corrected chi connectivity index (χ4v) is 4.65. The number of aryl methyl sites for hydroxylation is 3. The SMILES string of the molecule is CC[C@@H](NC(=O)[C@H](C)N(c1cccc(C)c1)S(C)(=O)=O)c1ccc(C)cc1C. The molecule has 1 amide bonds. The predicted molar refractivity (Wildman–Crippen MR) is 115 cm³/mol. The molecule has 152 valence electrons. The zero-order chi connectivity index (χ0) is 21.1. The Morgan fingerprint density at radius 3 is 2.25 bits per heavy atom. The molecule has 28 heavy (non-hydrogen) atoms. The summed E-state index contributed by atoms with van der Waals surface area (Å²) in [7, 11) is -3.63. The van der Waals surface area contributed by atoms with Gasteiger partial charge in [0.1, 0.15) is 6.04 Å². The number of carbonyl (C=O) groups excluding carboxylic acids is 1. The number of rotatable bonds is 7. The maximum atomic E-state index is 13.0. The quantitative estimate of drug-likeness (QED) is 0.760. The van der Waals surface area contributed by atoms with E-state index < -0.39 is 16.1 Å². The maximum Gasteiger partial charge on any atom is 0.244 e. The highest BCUT2D eigenvalue weighted by molar-refractivity contribution is 7.92. The molecule has 0 aliphatic rings. The Kier molecular flexibility index (Phi) is 6.88. The molecular formula is C22H30N2O3S. The van der Waals surface area contributed by atoms with Crippen LogP contribution in [0.4, 0.5) is 5.69 Å². The third-order valence-electron chi connectivity index (χ3n) is 4.87. The summed E-state index contributed by atoms with van der Waals surface area (Å²) in [6.45, 7) is 9.57. The Morgan fingerprint density at radius 2 is 1.71 bits per heavy atom. The Morgan fingerprint density at radius 1 is 1.07 bits per heavy atom. The number of amides is 1. The molecule has 0 aromatic heterocycles. The van der Waals surface area contributed by atoms with Crippen molar-refractivity contribution in [1.29, 1.82) is 0 Å². The van der Waals surface area contributed by atoms with Crippen LogP contribution in [0.2, 0.25) is 0 Å². The first kappa shape index (κ1) is 22.0. The Balaban J connectivity index is 2.31. The smallest absolute Gasteiger partial charge is 0.244 e. The second kappa shape index (κ2) is 8.78. The molecule has 2 aromatic carbocycles. The predicted octanol–water partition coefficient (Wildman–Crippen LogP) is 4.03. The largest absolute Gasteiger partial charge is 0.347 e. The van der Waals surface area contributed by atoms with Crippen molar-refractivity contribution in [2.45, 2.75) is 53.1 Å². The van der Waals surface area contributed by atoms with Gasteiger partial charge in [-0.15, -0.1) is 0 Å². The molecule has 2 aromatic rings. The normalized spacial score (nSPS) is 13.6. The molecule has 0 aliphatic heterocycles. The molecule has 0 heterocycles. The second-order valence-corrected chi connectivity index (χ2v) is 9.26. The van der Waals surface area contributed by atoms with Crippen LogP contribution in [0, 0.1) is 20.8 Å². The van der Waals surface area contributed by atoms with Crippen molar-refractivity contribution >= 4 is 21.6 Å². The van der Waals surface area contributed by atoms with Crippen LogP contribution in [0.1, 0.15) is 48.6 Å². The van der Waals surface area contributed by atoms with Gasteiger partial charge in [0.25, 0.3) is 0 Å². The first-order valence-electron chi connectivity index (χ1n) is 9.48. The monoisotopic (exact) mass is 402 g/mol. The van der Waals surface area contributed by atoms with Gasteiger partial charge in [-0.1, -0.05) is 42.8 Å². The van der Waals surface area contributed by atoms with Crippen molar-refractivity contribution in [3.8, 4) is 0 Å². The number of carbonyl (C=O) groups is 1. The summed E-state index contributed by atoms with van der Waals surface area (Å²) in [5.74, 6) is -0.321. The summed E-state index contributed by atoms with van der Waals surface area (Å²) in [6.07, 6.45) is 1.84. The Labute approximate surface area is 168 Å². The lowest BCUT2D eigenvalue weighted by atomic mass is 9.97. The van der Waals surface area contributed by atoms with Crippen molar-refractivity contribution in [2.75, 3.05) is 10.6 Å². The number of sulfonamides is 1. The van der Waals surface area contributed by atoms with Gasteiger partial charge in [-0.3, -0.25) is 9.10 Å². The van der Waals surface area contributed by atoms with Crippen LogP contribution in [0.15, 0.2) is 42.5 Å². The molecule has 1 N–H and O–H groups in total. The van der Waals surface area contributed by atoms with Gasteiger partial charge in [-0.05, 0) is 62.9 Å². The summed E-state index contributed by atoms with van der Waals surface area (Å²) < 4.78 is 26.1. The van der Waals surface area contributed by atoms with Crippen LogP contribution in [0.5, 0.6) is 0 Å². The summed E-state index contributed by atoms with van der Waals surface area (Å²) in [5, 5.41) is 3.03. The van der Waals surface area contributed by atoms with Gasteiger partial charge < -0.3 is 5.32 Å². The first-order valence-corrected chi connectivity index (χ1v) is 11.3. The average molecular weight is 403 g/mol. The number of benzene rings is 2. The topological polar surface area (TPSA) is 66.5 Å². The molecule has 0 aliphatic carbocycles. The fourth-order valence-electron chi connectivity index (χ4n) is 3.48. The van der Waals surface area contributed by atoms with E-state index >= 15 is 0 Å². The molecule has 0 saturated carbocycles. The number of nitrogens with one attached hydrogen (secondary N) is 1. The van der Waals surface area contributed by atoms with Gasteiger partial charge in [0, 0.05) is 0 Å². The van der Waals surface area contributed by atoms with Crippen LogP contribution in [0.25, 0.3) is 0 Å². The second-order valence-electron chi connectivity index (χ2n) is 7.40. The van der Waals surface area contributed by atoms with Crippen molar-refractivity contribution in [3.05, 3.63) is 64.7 Å². The van der Waals surface area contributed by atoms with Crippen molar-refractivity contribution in [2.24, 2.45) is 0 Å². The summed E-state index contributed by atoms with van der Waals surface area (Å²) >= 11 is 0. The zero-order valence-corrected chi connectivity index (χ0v) is 18.3. The maximum absolute atomic E-state index is 13.0. The van der Waals surface area contributed by atoms with E-state index in [1.165, 1.54) is 9.87 Å². The van der Waals surface area contributed by atoms with E-state index in [2.05, 4.69) is 11.4 Å². The van der Waals surface area contributed by atoms with E-state index in [1.807, 2.05) is 45.9 Å². The average Bonchev–Trinajstić information content (AvgIpc) is 2.59. The van der Waals surface area contributed by atoms with Gasteiger partial charge >= 0.3 is 0 Å². The molecule has 0 fully saturated rings. The van der Waals surface area contributed by atoms with Gasteiger partial charge in [0.15, 0.2) is 0 Å². The third-order valence-corrected chi connectivity index (χ3v) is 6.11. The van der Waals surface area contributed by atoms with E-state index in [4.69, 9.17) is 0 Å². The number of hydrogen-bond acceptors (Lipinski definition) is 3. The highest BCUT2D eigenvalue weighted by Crippen LogP contribution is 2.25. The van der Waals surface area contributed by atoms with E-state index in [1.54, 1.807) is 25.1 Å². The van der Waals surface area contributed by atoms with Crippen LogP contribution in [0.3, 0.4) is 0 Å². The Bertz CT molecular complexity index is 954. The van der Waals surface area contributed by atoms with Crippen LogP contribution < -0.4 is 9.62 Å². The van der Waals surface area contributed by atoms with Crippen molar-refractivity contribution in [3.63, 3.8) is 0 Å². The molecule has 2 atom stereocenters. The standard InChI is InChI=1S/C22H30N2O3S/c1-7-21(20-12-11-16(3)13-17(20)4)23-22(25)18(5)24(28(6,26)27)19-10-8-9-15(2)14-19/h8-14,18,21H,7H2,1-6H3,(H,23,25)/t18-,21+/m0/s1. The number of hydrogen-bond donors (Lipinski definition) is 1. The highest BCUT2D eigenvalue weighted by atomic mass is 32.2. The number of anilines is 1. The molecule has 0 unspecified atom stereocenters. The van der Waals surface area contributed by atoms with E-state index in [9.17, 15) is 13.2 Å². The van der Waals surface area contributed by atoms with E-state index in [-0.39, 0.29) is 11.9 Å². The molecule has 2 rings (SSSR count). The minimum absolute atomic E-state index is 0.172. The van der Waals surface area contributed by atoms with Gasteiger partial charge in [-0.2, -0.15) is 0 Å². The zero-order valence-electron chi connectivity index (χ0n) is 17.5. The van der Waals surface area contributed by atoms with Crippen LogP contribution in [-0.4, -0.2) is 26.6 Å². The molecule has 0 saturated heterocycles. The molecule has 0 spiro atoms. The Hall–Kier alpha value is -2.34. The van der Waals surface area contributed by atoms with Crippen LogP contribution >= 0.6 is 0 Å². The first-order chi connectivity index (χ1) is 13.0. The number of nitrogens with zero attached hydrogens (tertiary/aromatic N) is 1. The molecule has 6 heteroatoms. The van der Waals surface area contributed by atoms with Gasteiger partial charge in [0.2, 0.25) is 15.9 Å². The lowest BCUT2D eigenvalue weighted by Crippen LogP contribution is -2.48. The third kappa shape index (κ3) is 5.13. The summed E-state index contributed by atoms with van der Waals surface area (Å²) in [4.78, 5) is 13.0. The lowest BCUT2D eigenvalue weighted by molar-refractivity contribution is -0.122. The van der Waals surface area contributed by atoms with Crippen molar-refractivity contribution < 1.29 is 13.2 Å². The van der Waals surface area contributed by atoms with E-state index in [0.717, 1.165) is 22.9 Å². The lowest BCUT2D eigenvalue weighted by Gasteiger charge is -2.30. The van der Waals surface area contributed by atoms with Crippen LogP contribution in [-0.2, 0) is 14.8 Å². The minimum atomic E-state index is -3.63. The molecule has 0 radical (unpaired) electrons. The molecule has 5 nitrogen and oxygen atoms in total. The highest BCUT2D eigenvalue weighted by Gasteiger charge is 2.30. The fraction of sp³-hybridized carbons (Fsp3) is 0.409. The summed E-state index contributed by atoms with van der Waals surface area (Å²) in [5.41, 5.74) is 4.75. The van der Waals surface area contributed by atoms with E-state index in [0.29, 0.717) is 12.1 Å². The van der Waals surface area contributed by atoms with Crippen molar-refractivity contribution in [1.82, 2.24) is 5.32 Å². The summed E-state index contributed by atoms with van der Waals surface area (Å²) in [6, 6.07) is 12.3. The minimum Gasteiger partial charge on any atom is -0.347 e.